The number of benzene rings is 1. The van der Waals surface area contributed by atoms with Crippen LogP contribution in [0, 0.1) is 13.8 Å². The number of pyridine rings is 1. The van der Waals surface area contributed by atoms with Crippen LogP contribution in [0.25, 0.3) is 0 Å². The number of aromatic nitrogens is 1. The van der Waals surface area contributed by atoms with Gasteiger partial charge in [-0.3, -0.25) is 4.98 Å². The van der Waals surface area contributed by atoms with Crippen molar-refractivity contribution in [2.24, 2.45) is 0 Å². The van der Waals surface area contributed by atoms with Crippen molar-refractivity contribution in [3.63, 3.8) is 0 Å². The summed E-state index contributed by atoms with van der Waals surface area (Å²) in [6, 6.07) is 10.6. The highest BCUT2D eigenvalue weighted by molar-refractivity contribution is 6.30. The second kappa shape index (κ2) is 7.58. The van der Waals surface area contributed by atoms with Crippen LogP contribution in [0.15, 0.2) is 36.5 Å². The average Bonchev–Trinajstić information content (AvgIpc) is 2.47. The maximum Gasteiger partial charge on any atom is 0.0589 e. The van der Waals surface area contributed by atoms with E-state index in [1.807, 2.05) is 12.1 Å². The molecule has 0 aliphatic carbocycles. The van der Waals surface area contributed by atoms with E-state index in [9.17, 15) is 0 Å². The van der Waals surface area contributed by atoms with Crippen molar-refractivity contribution in [2.45, 2.75) is 39.7 Å². The lowest BCUT2D eigenvalue weighted by Gasteiger charge is -2.20. The first kappa shape index (κ1) is 16.0. The molecule has 1 aromatic carbocycles. The molecule has 2 nitrogen and oxygen atoms in total. The van der Waals surface area contributed by atoms with Crippen molar-refractivity contribution in [1.29, 1.82) is 0 Å². The van der Waals surface area contributed by atoms with Crippen LogP contribution in [-0.4, -0.2) is 11.5 Å². The van der Waals surface area contributed by atoms with E-state index in [1.165, 1.54) is 16.7 Å². The first-order chi connectivity index (χ1) is 10.1. The second-order valence-corrected chi connectivity index (χ2v) is 5.92. The molecule has 0 fully saturated rings. The van der Waals surface area contributed by atoms with Gasteiger partial charge in [-0.25, -0.2) is 0 Å². The Morgan fingerprint density at radius 2 is 1.86 bits per heavy atom. The molecule has 0 spiro atoms. The van der Waals surface area contributed by atoms with E-state index >= 15 is 0 Å². The fraction of sp³-hybridized carbons (Fsp3) is 0.389. The first-order valence-corrected chi connectivity index (χ1v) is 7.89. The van der Waals surface area contributed by atoms with Gasteiger partial charge in [-0.15, -0.1) is 0 Å². The molecule has 2 aromatic rings. The number of halogens is 1. The molecule has 0 saturated heterocycles. The van der Waals surface area contributed by atoms with E-state index in [1.54, 1.807) is 6.20 Å². The predicted octanol–water partition coefficient (Wildman–Crippen LogP) is 4.64. The van der Waals surface area contributed by atoms with Gasteiger partial charge in [-0.05, 0) is 62.1 Å². The van der Waals surface area contributed by atoms with Crippen molar-refractivity contribution in [1.82, 2.24) is 10.3 Å². The summed E-state index contributed by atoms with van der Waals surface area (Å²) < 4.78 is 0. The standard InChI is InChI=1S/C18H23ClN2/c1-4-10-20-18(17-9-8-15(19)12-21-17)11-16-13(2)6-5-7-14(16)3/h5-9,12,18,20H,4,10-11H2,1-3H3. The van der Waals surface area contributed by atoms with Crippen LogP contribution in [-0.2, 0) is 6.42 Å². The third kappa shape index (κ3) is 4.29. The van der Waals surface area contributed by atoms with Crippen molar-refractivity contribution in [3.05, 3.63) is 63.9 Å². The summed E-state index contributed by atoms with van der Waals surface area (Å²) in [6.07, 6.45) is 3.78. The van der Waals surface area contributed by atoms with E-state index in [0.717, 1.165) is 25.1 Å². The summed E-state index contributed by atoms with van der Waals surface area (Å²) in [5.74, 6) is 0. The number of nitrogens with zero attached hydrogens (tertiary/aromatic N) is 1. The lowest BCUT2D eigenvalue weighted by atomic mass is 9.95. The van der Waals surface area contributed by atoms with Gasteiger partial charge in [0.1, 0.15) is 0 Å². The summed E-state index contributed by atoms with van der Waals surface area (Å²) in [5.41, 5.74) is 5.14. The van der Waals surface area contributed by atoms with Crippen molar-refractivity contribution < 1.29 is 0 Å². The van der Waals surface area contributed by atoms with Gasteiger partial charge in [-0.2, -0.15) is 0 Å². The lowest BCUT2D eigenvalue weighted by molar-refractivity contribution is 0.516. The fourth-order valence-electron chi connectivity index (χ4n) is 2.57. The molecule has 0 amide bonds. The fourth-order valence-corrected chi connectivity index (χ4v) is 2.68. The van der Waals surface area contributed by atoms with Gasteiger partial charge in [0.05, 0.1) is 16.8 Å². The molecule has 2 rings (SSSR count). The third-order valence-corrected chi connectivity index (χ3v) is 4.02. The molecule has 0 bridgehead atoms. The van der Waals surface area contributed by atoms with Crippen LogP contribution in [0.3, 0.4) is 0 Å². The molecule has 1 unspecified atom stereocenters. The van der Waals surface area contributed by atoms with Crippen molar-refractivity contribution in [2.75, 3.05) is 6.54 Å². The molecule has 3 heteroatoms. The molecule has 0 saturated carbocycles. The Labute approximate surface area is 132 Å². The monoisotopic (exact) mass is 302 g/mol. The van der Waals surface area contributed by atoms with Gasteiger partial charge in [-0.1, -0.05) is 36.7 Å². The van der Waals surface area contributed by atoms with E-state index < -0.39 is 0 Å². The molecule has 0 radical (unpaired) electrons. The van der Waals surface area contributed by atoms with Crippen LogP contribution < -0.4 is 5.32 Å². The molecule has 1 heterocycles. The number of hydrogen-bond donors (Lipinski definition) is 1. The van der Waals surface area contributed by atoms with Crippen molar-refractivity contribution >= 4 is 11.6 Å². The topological polar surface area (TPSA) is 24.9 Å². The maximum atomic E-state index is 5.95. The minimum Gasteiger partial charge on any atom is -0.308 e. The summed E-state index contributed by atoms with van der Waals surface area (Å²) in [7, 11) is 0. The molecular weight excluding hydrogens is 280 g/mol. The normalized spacial score (nSPS) is 12.4. The number of aryl methyl sites for hydroxylation is 2. The summed E-state index contributed by atoms with van der Waals surface area (Å²) in [5, 5.41) is 4.28. The Bertz CT molecular complexity index is 558. The highest BCUT2D eigenvalue weighted by atomic mass is 35.5. The van der Waals surface area contributed by atoms with Crippen LogP contribution >= 0.6 is 11.6 Å². The minimum absolute atomic E-state index is 0.224. The Morgan fingerprint density at radius 3 is 2.43 bits per heavy atom. The van der Waals surface area contributed by atoms with Gasteiger partial charge in [0.15, 0.2) is 0 Å². The molecule has 1 N–H and O–H groups in total. The van der Waals surface area contributed by atoms with Crippen LogP contribution in [0.4, 0.5) is 0 Å². The lowest BCUT2D eigenvalue weighted by Crippen LogP contribution is -2.25. The van der Waals surface area contributed by atoms with Crippen molar-refractivity contribution in [3.8, 4) is 0 Å². The van der Waals surface area contributed by atoms with E-state index in [2.05, 4.69) is 49.3 Å². The quantitative estimate of drug-likeness (QED) is 0.841. The zero-order valence-electron chi connectivity index (χ0n) is 13.0. The second-order valence-electron chi connectivity index (χ2n) is 5.48. The highest BCUT2D eigenvalue weighted by Gasteiger charge is 2.15. The molecule has 112 valence electrons. The number of rotatable bonds is 6. The highest BCUT2D eigenvalue weighted by Crippen LogP contribution is 2.22. The molecule has 0 aliphatic rings. The Balaban J connectivity index is 2.26. The number of hydrogen-bond acceptors (Lipinski definition) is 2. The largest absolute Gasteiger partial charge is 0.308 e. The Morgan fingerprint density at radius 1 is 1.14 bits per heavy atom. The zero-order chi connectivity index (χ0) is 15.2. The molecule has 0 aliphatic heterocycles. The third-order valence-electron chi connectivity index (χ3n) is 3.80. The van der Waals surface area contributed by atoms with Crippen LogP contribution in [0.1, 0.15) is 41.8 Å². The Hall–Kier alpha value is -1.38. The van der Waals surface area contributed by atoms with E-state index in [-0.39, 0.29) is 6.04 Å². The van der Waals surface area contributed by atoms with Gasteiger partial charge < -0.3 is 5.32 Å². The van der Waals surface area contributed by atoms with Gasteiger partial charge >= 0.3 is 0 Å². The molecule has 21 heavy (non-hydrogen) atoms. The SMILES string of the molecule is CCCNC(Cc1c(C)cccc1C)c1ccc(Cl)cn1. The molecule has 1 aromatic heterocycles. The average molecular weight is 303 g/mol. The van der Waals surface area contributed by atoms with Gasteiger partial charge in [0.25, 0.3) is 0 Å². The number of nitrogens with one attached hydrogen (secondary N) is 1. The van der Waals surface area contributed by atoms with Crippen LogP contribution in [0.5, 0.6) is 0 Å². The minimum atomic E-state index is 0.224. The van der Waals surface area contributed by atoms with Gasteiger partial charge in [0.2, 0.25) is 0 Å². The molecule has 1 atom stereocenters. The summed E-state index contributed by atoms with van der Waals surface area (Å²) in [6.45, 7) is 7.52. The smallest absolute Gasteiger partial charge is 0.0589 e. The van der Waals surface area contributed by atoms with Crippen LogP contribution in [0.2, 0.25) is 5.02 Å². The summed E-state index contributed by atoms with van der Waals surface area (Å²) >= 11 is 5.95. The Kier molecular flexibility index (Phi) is 5.77. The zero-order valence-corrected chi connectivity index (χ0v) is 13.7. The first-order valence-electron chi connectivity index (χ1n) is 7.51. The molecular formula is C18H23ClN2. The summed E-state index contributed by atoms with van der Waals surface area (Å²) in [4.78, 5) is 4.49. The van der Waals surface area contributed by atoms with E-state index in [4.69, 9.17) is 11.6 Å². The predicted molar refractivity (Wildman–Crippen MR) is 89.9 cm³/mol. The van der Waals surface area contributed by atoms with E-state index in [0.29, 0.717) is 5.02 Å². The maximum absolute atomic E-state index is 5.95. The van der Waals surface area contributed by atoms with Gasteiger partial charge in [0, 0.05) is 6.20 Å².